The Balaban J connectivity index is 0.000000196. The molecule has 1 aromatic carbocycles. The average molecular weight is 576 g/mol. The molecule has 0 spiro atoms. The smallest absolute Gasteiger partial charge is 0.209 e. The first-order chi connectivity index (χ1) is 18.3. The van der Waals surface area contributed by atoms with Gasteiger partial charge in [-0.15, -0.1) is 24.0 Å². The third-order valence-electron chi connectivity index (χ3n) is 7.29. The molecule has 1 amide bonds. The van der Waals surface area contributed by atoms with Gasteiger partial charge in [-0.3, -0.25) is 4.79 Å². The van der Waals surface area contributed by atoms with Crippen LogP contribution in [0, 0.1) is 0 Å². The van der Waals surface area contributed by atoms with E-state index in [4.69, 9.17) is 17.3 Å². The van der Waals surface area contributed by atoms with Gasteiger partial charge in [0.25, 0.3) is 0 Å². The van der Waals surface area contributed by atoms with Crippen molar-refractivity contribution in [1.82, 2.24) is 24.7 Å². The predicted molar refractivity (Wildman–Crippen MR) is 162 cm³/mol. The summed E-state index contributed by atoms with van der Waals surface area (Å²) in [5.41, 5.74) is 8.53. The summed E-state index contributed by atoms with van der Waals surface area (Å²) in [5, 5.41) is 5.02. The van der Waals surface area contributed by atoms with Gasteiger partial charge in [-0.25, -0.2) is 9.97 Å². The van der Waals surface area contributed by atoms with E-state index in [9.17, 15) is 4.79 Å². The van der Waals surface area contributed by atoms with E-state index in [0.717, 1.165) is 80.0 Å². The van der Waals surface area contributed by atoms with Crippen LogP contribution >= 0.6 is 35.6 Å². The molecule has 8 nitrogen and oxygen atoms in total. The molecule has 0 radical (unpaired) electrons. The molecule has 0 saturated carbocycles. The lowest BCUT2D eigenvalue weighted by molar-refractivity contribution is -0.119. The van der Waals surface area contributed by atoms with E-state index in [-0.39, 0.29) is 0 Å². The molecule has 1 aliphatic carbocycles. The Morgan fingerprint density at radius 3 is 2.63 bits per heavy atom. The quantitative estimate of drug-likeness (QED) is 0.209. The number of carbonyl (C=O) groups is 1. The number of carbonyl (C=O) groups excluding carboxylic acids is 1. The van der Waals surface area contributed by atoms with Crippen LogP contribution in [0.4, 0.5) is 17.2 Å². The topological polar surface area (TPSA) is 90.6 Å². The highest BCUT2D eigenvalue weighted by atomic mass is 35.5. The second kappa shape index (κ2) is 13.3. The number of thiol groups is 1. The van der Waals surface area contributed by atoms with Gasteiger partial charge in [-0.2, -0.15) is 0 Å². The van der Waals surface area contributed by atoms with Crippen LogP contribution in [0.3, 0.4) is 0 Å². The third-order valence-corrected chi connectivity index (χ3v) is 9.19. The van der Waals surface area contributed by atoms with E-state index < -0.39 is 0 Å². The molecule has 0 unspecified atom stereocenters. The number of likely N-dealkylation sites (N-methyl/N-ethyl adjacent to an activating group) is 2. The second-order valence-corrected chi connectivity index (χ2v) is 12.3. The molecule has 5 rings (SSSR count). The second-order valence-electron chi connectivity index (χ2n) is 10.3. The summed E-state index contributed by atoms with van der Waals surface area (Å²) < 4.78 is 0. The number of hydrogen-bond acceptors (Lipinski definition) is 9. The fourth-order valence-electron chi connectivity index (χ4n) is 4.96. The van der Waals surface area contributed by atoms with Gasteiger partial charge in [0.1, 0.15) is 17.0 Å². The fraction of sp³-hybridized carbons (Fsp3) is 0.519. The zero-order valence-corrected chi connectivity index (χ0v) is 24.9. The number of nitrogens with two attached hydrogens (primary N) is 1. The van der Waals surface area contributed by atoms with Gasteiger partial charge in [0, 0.05) is 47.7 Å². The van der Waals surface area contributed by atoms with Crippen molar-refractivity contribution in [2.45, 2.75) is 49.5 Å². The number of thiophene rings is 1. The van der Waals surface area contributed by atoms with E-state index in [1.54, 1.807) is 23.7 Å². The first-order valence-electron chi connectivity index (χ1n) is 13.1. The summed E-state index contributed by atoms with van der Waals surface area (Å²) in [6.45, 7) is 4.05. The van der Waals surface area contributed by atoms with Gasteiger partial charge in [-0.1, -0.05) is 11.6 Å². The normalized spacial score (nSPS) is 15.9. The number of likely N-dealkylation sites (tertiary alicyclic amines) is 1. The maximum absolute atomic E-state index is 10.6. The number of nitrogens with one attached hydrogen (secondary N) is 1. The standard InChI is InChI=1S/C16H15ClN4S2.C11H23N3O/c17-9-5-10(18)12(22)6-11(9)21-15-14-8-3-1-2-4-13(8)23-16(14)20-7-19-15;1-12(2)8-9-13(3)11-4-6-14(10-15)7-5-11/h5-7,22H,1-4,18H2,(H,19,20,21);10-11H,4-9H2,1-3H3. The largest absolute Gasteiger partial charge is 0.398 e. The molecule has 0 atom stereocenters. The number of amides is 1. The number of benzene rings is 1. The van der Waals surface area contributed by atoms with Crippen LogP contribution in [0.1, 0.15) is 36.1 Å². The van der Waals surface area contributed by atoms with Crippen LogP contribution in [0.15, 0.2) is 23.4 Å². The minimum atomic E-state index is 0.552. The Hall–Kier alpha value is -2.11. The summed E-state index contributed by atoms with van der Waals surface area (Å²) in [6.07, 6.45) is 9.49. The molecule has 206 valence electrons. The first kappa shape index (κ1) is 28.9. The maximum Gasteiger partial charge on any atom is 0.209 e. The van der Waals surface area contributed by atoms with Crippen molar-refractivity contribution in [2.75, 3.05) is 58.4 Å². The number of nitrogens with zero attached hydrogens (tertiary/aromatic N) is 5. The van der Waals surface area contributed by atoms with Crippen LogP contribution in [0.5, 0.6) is 0 Å². The highest BCUT2D eigenvalue weighted by molar-refractivity contribution is 7.80. The Morgan fingerprint density at radius 1 is 1.18 bits per heavy atom. The fourth-order valence-corrected chi connectivity index (χ4v) is 6.60. The van der Waals surface area contributed by atoms with Gasteiger partial charge in [-0.05, 0) is 77.4 Å². The number of anilines is 3. The Morgan fingerprint density at radius 2 is 1.92 bits per heavy atom. The monoisotopic (exact) mass is 575 g/mol. The minimum absolute atomic E-state index is 0.552. The molecule has 3 aromatic rings. The van der Waals surface area contributed by atoms with E-state index in [0.29, 0.717) is 21.6 Å². The van der Waals surface area contributed by atoms with Crippen molar-refractivity contribution >= 4 is 69.4 Å². The van der Waals surface area contributed by atoms with Gasteiger partial charge in [0.2, 0.25) is 6.41 Å². The Labute approximate surface area is 240 Å². The van der Waals surface area contributed by atoms with E-state index in [1.165, 1.54) is 23.3 Å². The predicted octanol–water partition coefficient (Wildman–Crippen LogP) is 4.94. The number of halogens is 1. The Bertz CT molecular complexity index is 1240. The average Bonchev–Trinajstić information content (AvgIpc) is 3.30. The van der Waals surface area contributed by atoms with Crippen molar-refractivity contribution in [1.29, 1.82) is 0 Å². The van der Waals surface area contributed by atoms with Crippen LogP contribution < -0.4 is 11.1 Å². The zero-order valence-electron chi connectivity index (χ0n) is 22.4. The molecule has 3 N–H and O–H groups in total. The number of nitrogen functional groups attached to an aromatic ring is 1. The van der Waals surface area contributed by atoms with E-state index in [1.807, 2.05) is 11.0 Å². The number of rotatable bonds is 7. The van der Waals surface area contributed by atoms with Crippen molar-refractivity contribution in [2.24, 2.45) is 0 Å². The van der Waals surface area contributed by atoms with Gasteiger partial charge < -0.3 is 25.8 Å². The van der Waals surface area contributed by atoms with Crippen molar-refractivity contribution in [3.8, 4) is 0 Å². The molecular weight excluding hydrogens is 538 g/mol. The number of fused-ring (bicyclic) bond motifs is 3. The molecule has 1 fully saturated rings. The summed E-state index contributed by atoms with van der Waals surface area (Å²) >= 11 is 12.4. The van der Waals surface area contributed by atoms with Crippen molar-refractivity contribution in [3.63, 3.8) is 0 Å². The zero-order chi connectivity index (χ0) is 27.2. The van der Waals surface area contributed by atoms with Crippen LogP contribution in [0.2, 0.25) is 5.02 Å². The maximum atomic E-state index is 10.6. The van der Waals surface area contributed by atoms with E-state index >= 15 is 0 Å². The molecule has 1 aliphatic heterocycles. The summed E-state index contributed by atoms with van der Waals surface area (Å²) in [4.78, 5) is 29.1. The molecular formula is C27H38ClN7OS2. The molecule has 1 saturated heterocycles. The van der Waals surface area contributed by atoms with E-state index in [2.05, 4.69) is 58.9 Å². The highest BCUT2D eigenvalue weighted by Crippen LogP contribution is 2.40. The minimum Gasteiger partial charge on any atom is -0.398 e. The highest BCUT2D eigenvalue weighted by Gasteiger charge is 2.22. The SMILES string of the molecule is CN(C)CCN(C)C1CCN(C=O)CC1.Nc1cc(Cl)c(Nc2ncnc3sc4c(c23)CCCC4)cc1S. The van der Waals surface area contributed by atoms with Crippen molar-refractivity contribution < 1.29 is 4.79 Å². The first-order valence-corrected chi connectivity index (χ1v) is 14.8. The number of aryl methyl sites for hydroxylation is 2. The summed E-state index contributed by atoms with van der Waals surface area (Å²) in [6, 6.07) is 4.18. The molecule has 3 heterocycles. The van der Waals surface area contributed by atoms with Crippen molar-refractivity contribution in [3.05, 3.63) is 33.9 Å². The lowest BCUT2D eigenvalue weighted by Crippen LogP contribution is -2.44. The Kier molecular flexibility index (Phi) is 10.1. The van der Waals surface area contributed by atoms with Crippen LogP contribution in [-0.4, -0.2) is 84.4 Å². The van der Waals surface area contributed by atoms with Gasteiger partial charge in [0.05, 0.1) is 16.1 Å². The van der Waals surface area contributed by atoms with Gasteiger partial charge in [0.15, 0.2) is 0 Å². The number of aromatic nitrogens is 2. The number of hydrogen-bond donors (Lipinski definition) is 3. The summed E-state index contributed by atoms with van der Waals surface area (Å²) in [5.74, 6) is 0.800. The van der Waals surface area contributed by atoms with Crippen LogP contribution in [0.25, 0.3) is 10.2 Å². The molecule has 2 aliphatic rings. The number of piperidine rings is 1. The molecule has 2 aromatic heterocycles. The molecule has 0 bridgehead atoms. The lowest BCUT2D eigenvalue weighted by Gasteiger charge is -2.35. The van der Waals surface area contributed by atoms with Gasteiger partial charge >= 0.3 is 0 Å². The van der Waals surface area contributed by atoms with Crippen LogP contribution in [-0.2, 0) is 17.6 Å². The lowest BCUT2D eigenvalue weighted by atomic mass is 9.97. The molecule has 38 heavy (non-hydrogen) atoms. The summed E-state index contributed by atoms with van der Waals surface area (Å²) in [7, 11) is 6.39. The molecule has 11 heteroatoms. The third kappa shape index (κ3) is 7.09.